The minimum absolute atomic E-state index is 0.0196. The van der Waals surface area contributed by atoms with Crippen LogP contribution in [-0.4, -0.2) is 10.5 Å². The van der Waals surface area contributed by atoms with Gasteiger partial charge in [-0.1, -0.05) is 17.7 Å². The SMILES string of the molecule is Oc1cc(Cl)ccc1OC1=CCC(Cl)C=C1. The van der Waals surface area contributed by atoms with Crippen LogP contribution in [0.3, 0.4) is 0 Å². The van der Waals surface area contributed by atoms with Crippen LogP contribution in [0.5, 0.6) is 11.5 Å². The zero-order valence-corrected chi connectivity index (χ0v) is 9.87. The highest BCUT2D eigenvalue weighted by molar-refractivity contribution is 6.30. The van der Waals surface area contributed by atoms with Crippen LogP contribution < -0.4 is 4.74 Å². The second-order valence-electron chi connectivity index (χ2n) is 3.43. The Morgan fingerprint density at radius 2 is 2.19 bits per heavy atom. The van der Waals surface area contributed by atoms with Gasteiger partial charge in [0.05, 0.1) is 5.38 Å². The molecule has 0 radical (unpaired) electrons. The first-order chi connectivity index (χ1) is 7.65. The van der Waals surface area contributed by atoms with E-state index in [0.29, 0.717) is 16.5 Å². The third-order valence-corrected chi connectivity index (χ3v) is 2.72. The Balaban J connectivity index is 2.13. The lowest BCUT2D eigenvalue weighted by Gasteiger charge is -2.12. The maximum absolute atomic E-state index is 9.59. The van der Waals surface area contributed by atoms with Gasteiger partial charge in [0.15, 0.2) is 11.5 Å². The van der Waals surface area contributed by atoms with Crippen LogP contribution in [0.4, 0.5) is 0 Å². The molecule has 1 aliphatic carbocycles. The average molecular weight is 257 g/mol. The smallest absolute Gasteiger partial charge is 0.169 e. The molecule has 2 rings (SSSR count). The number of halogens is 2. The first-order valence-corrected chi connectivity index (χ1v) is 5.65. The van der Waals surface area contributed by atoms with E-state index >= 15 is 0 Å². The molecule has 1 atom stereocenters. The van der Waals surface area contributed by atoms with E-state index in [0.717, 1.165) is 6.42 Å². The standard InChI is InChI=1S/C12H10Cl2O2/c13-8-1-4-10(5-2-8)16-12-6-3-9(14)7-11(12)15/h1,3-8,15H,2H2. The van der Waals surface area contributed by atoms with Crippen LogP contribution in [0.15, 0.2) is 42.2 Å². The van der Waals surface area contributed by atoms with Crippen molar-refractivity contribution in [2.75, 3.05) is 0 Å². The normalized spacial score (nSPS) is 19.4. The van der Waals surface area contributed by atoms with Crippen LogP contribution in [-0.2, 0) is 0 Å². The predicted octanol–water partition coefficient (Wildman–Crippen LogP) is 3.88. The largest absolute Gasteiger partial charge is 0.504 e. The zero-order chi connectivity index (χ0) is 11.5. The molecular weight excluding hydrogens is 247 g/mol. The van der Waals surface area contributed by atoms with Crippen molar-refractivity contribution in [1.82, 2.24) is 0 Å². The summed E-state index contributed by atoms with van der Waals surface area (Å²) in [5, 5.41) is 10.1. The predicted molar refractivity (Wildman–Crippen MR) is 65.2 cm³/mol. The highest BCUT2D eigenvalue weighted by Gasteiger charge is 2.09. The van der Waals surface area contributed by atoms with E-state index in [4.69, 9.17) is 27.9 Å². The molecule has 0 spiro atoms. The van der Waals surface area contributed by atoms with Gasteiger partial charge in [0.25, 0.3) is 0 Å². The fraction of sp³-hybridized carbons (Fsp3) is 0.167. The monoisotopic (exact) mass is 256 g/mol. The molecule has 0 saturated carbocycles. The van der Waals surface area contributed by atoms with E-state index in [1.807, 2.05) is 12.2 Å². The van der Waals surface area contributed by atoms with Crippen molar-refractivity contribution in [2.24, 2.45) is 0 Å². The molecule has 1 N–H and O–H groups in total. The van der Waals surface area contributed by atoms with Gasteiger partial charge in [-0.25, -0.2) is 0 Å². The van der Waals surface area contributed by atoms with Crippen molar-refractivity contribution >= 4 is 23.2 Å². The Morgan fingerprint density at radius 3 is 2.81 bits per heavy atom. The summed E-state index contributed by atoms with van der Waals surface area (Å²) < 4.78 is 5.50. The van der Waals surface area contributed by atoms with Crippen LogP contribution in [0, 0.1) is 0 Å². The second kappa shape index (κ2) is 4.81. The quantitative estimate of drug-likeness (QED) is 0.815. The van der Waals surface area contributed by atoms with Crippen molar-refractivity contribution in [3.05, 3.63) is 47.2 Å². The summed E-state index contributed by atoms with van der Waals surface area (Å²) in [4.78, 5) is 0. The summed E-state index contributed by atoms with van der Waals surface area (Å²) >= 11 is 11.6. The molecule has 0 aliphatic heterocycles. The van der Waals surface area contributed by atoms with E-state index < -0.39 is 0 Å². The van der Waals surface area contributed by atoms with Crippen molar-refractivity contribution in [3.8, 4) is 11.5 Å². The summed E-state index contributed by atoms with van der Waals surface area (Å²) in [6.07, 6.45) is 6.24. The molecular formula is C12H10Cl2O2. The number of hydrogen-bond acceptors (Lipinski definition) is 2. The fourth-order valence-corrected chi connectivity index (χ4v) is 1.68. The van der Waals surface area contributed by atoms with E-state index in [1.54, 1.807) is 18.2 Å². The van der Waals surface area contributed by atoms with Crippen molar-refractivity contribution in [3.63, 3.8) is 0 Å². The molecule has 0 amide bonds. The Kier molecular flexibility index (Phi) is 3.42. The molecule has 16 heavy (non-hydrogen) atoms. The Morgan fingerprint density at radius 1 is 1.38 bits per heavy atom. The van der Waals surface area contributed by atoms with Crippen LogP contribution in [0.1, 0.15) is 6.42 Å². The highest BCUT2D eigenvalue weighted by atomic mass is 35.5. The molecule has 0 fully saturated rings. The molecule has 1 aromatic rings. The lowest BCUT2D eigenvalue weighted by molar-refractivity contribution is 0.389. The first-order valence-electron chi connectivity index (χ1n) is 4.84. The topological polar surface area (TPSA) is 29.5 Å². The van der Waals surface area contributed by atoms with Gasteiger partial charge in [-0.05, 0) is 30.7 Å². The molecule has 2 nitrogen and oxygen atoms in total. The minimum atomic E-state index is 0.0196. The van der Waals surface area contributed by atoms with Crippen LogP contribution in [0.25, 0.3) is 0 Å². The molecule has 84 valence electrons. The van der Waals surface area contributed by atoms with E-state index in [1.165, 1.54) is 6.07 Å². The van der Waals surface area contributed by atoms with Crippen molar-refractivity contribution < 1.29 is 9.84 Å². The lowest BCUT2D eigenvalue weighted by Crippen LogP contribution is -2.01. The number of alkyl halides is 1. The van der Waals surface area contributed by atoms with Crippen LogP contribution in [0.2, 0.25) is 5.02 Å². The van der Waals surface area contributed by atoms with Crippen molar-refractivity contribution in [2.45, 2.75) is 11.8 Å². The number of benzene rings is 1. The number of allylic oxidation sites excluding steroid dienone is 3. The third-order valence-electron chi connectivity index (χ3n) is 2.16. The summed E-state index contributed by atoms with van der Waals surface area (Å²) in [5.74, 6) is 1.08. The van der Waals surface area contributed by atoms with Gasteiger partial charge in [0.1, 0.15) is 5.76 Å². The molecule has 1 unspecified atom stereocenters. The van der Waals surface area contributed by atoms with E-state index in [9.17, 15) is 5.11 Å². The first kappa shape index (κ1) is 11.4. The van der Waals surface area contributed by atoms with Gasteiger partial charge < -0.3 is 9.84 Å². The Labute approximate surface area is 104 Å². The zero-order valence-electron chi connectivity index (χ0n) is 8.36. The molecule has 0 heterocycles. The number of phenolic OH excluding ortho intramolecular Hbond substituents is 1. The number of ether oxygens (including phenoxy) is 1. The van der Waals surface area contributed by atoms with Gasteiger partial charge >= 0.3 is 0 Å². The molecule has 0 bridgehead atoms. The Bertz CT molecular complexity index is 452. The van der Waals surface area contributed by atoms with Crippen LogP contribution >= 0.6 is 23.2 Å². The molecule has 0 aromatic heterocycles. The van der Waals surface area contributed by atoms with Gasteiger partial charge in [-0.2, -0.15) is 0 Å². The van der Waals surface area contributed by atoms with E-state index in [-0.39, 0.29) is 11.1 Å². The van der Waals surface area contributed by atoms with Gasteiger partial charge in [-0.3, -0.25) is 0 Å². The number of aromatic hydroxyl groups is 1. The van der Waals surface area contributed by atoms with E-state index in [2.05, 4.69) is 0 Å². The molecule has 0 saturated heterocycles. The third kappa shape index (κ3) is 2.71. The highest BCUT2D eigenvalue weighted by Crippen LogP contribution is 2.31. The van der Waals surface area contributed by atoms with Crippen molar-refractivity contribution in [1.29, 1.82) is 0 Å². The summed E-state index contributed by atoms with van der Waals surface area (Å²) in [6.45, 7) is 0. The number of phenols is 1. The maximum Gasteiger partial charge on any atom is 0.169 e. The second-order valence-corrected chi connectivity index (χ2v) is 4.43. The maximum atomic E-state index is 9.59. The minimum Gasteiger partial charge on any atom is -0.504 e. The molecule has 1 aliphatic rings. The number of rotatable bonds is 2. The lowest BCUT2D eigenvalue weighted by atomic mass is 10.2. The number of hydrogen-bond donors (Lipinski definition) is 1. The van der Waals surface area contributed by atoms with Gasteiger partial charge in [0, 0.05) is 11.1 Å². The molecule has 4 heteroatoms. The molecule has 1 aromatic carbocycles. The fourth-order valence-electron chi connectivity index (χ4n) is 1.35. The van der Waals surface area contributed by atoms with Gasteiger partial charge in [-0.15, -0.1) is 11.6 Å². The average Bonchev–Trinajstić information content (AvgIpc) is 2.25. The summed E-state index contributed by atoms with van der Waals surface area (Å²) in [5.41, 5.74) is 0. The van der Waals surface area contributed by atoms with Gasteiger partial charge in [0.2, 0.25) is 0 Å². The summed E-state index contributed by atoms with van der Waals surface area (Å²) in [6, 6.07) is 4.72. The summed E-state index contributed by atoms with van der Waals surface area (Å²) in [7, 11) is 0. The Hall–Kier alpha value is -1.12.